The number of ether oxygens (including phenoxy) is 1. The Morgan fingerprint density at radius 1 is 1.22 bits per heavy atom. The fraction of sp³-hybridized carbons (Fsp3) is 0.611. The molecule has 2 unspecified atom stereocenters. The molecule has 0 amide bonds. The van der Waals surface area contributed by atoms with Gasteiger partial charge in [-0.15, -0.1) is 0 Å². The maximum atomic E-state index is 12.5. The summed E-state index contributed by atoms with van der Waals surface area (Å²) in [5.41, 5.74) is 0.577. The quantitative estimate of drug-likeness (QED) is 0.795. The molecule has 1 aromatic rings. The van der Waals surface area contributed by atoms with Crippen LogP contribution in [-0.2, 0) is 4.74 Å². The molecule has 2 fully saturated rings. The normalized spacial score (nSPS) is 31.2. The van der Waals surface area contributed by atoms with E-state index >= 15 is 0 Å². The molecule has 0 N–H and O–H groups in total. The lowest BCUT2D eigenvalue weighted by molar-refractivity contribution is -0.0873. The van der Waals surface area contributed by atoms with Crippen molar-refractivity contribution in [3.8, 4) is 0 Å². The van der Waals surface area contributed by atoms with E-state index in [9.17, 15) is 4.79 Å². The first-order valence-electron chi connectivity index (χ1n) is 8.27. The summed E-state index contributed by atoms with van der Waals surface area (Å²) >= 11 is 5.89. The highest BCUT2D eigenvalue weighted by molar-refractivity contribution is 6.30. The molecule has 4 nitrogen and oxygen atoms in total. The molecule has 1 aliphatic carbocycles. The molecular weight excluding hydrogens is 312 g/mol. The molecule has 4 atom stereocenters. The first-order valence-corrected chi connectivity index (χ1v) is 8.65. The lowest BCUT2D eigenvalue weighted by Crippen LogP contribution is -2.59. The summed E-state index contributed by atoms with van der Waals surface area (Å²) in [6.45, 7) is 1.99. The van der Waals surface area contributed by atoms with E-state index < -0.39 is 0 Å². The zero-order valence-electron chi connectivity index (χ0n) is 14.0. The standard InChI is InChI=1S/C18H25ClN2O2/c1-20(2)16-9-6-13-10-21(3)11-15(16)17(13)23-18(22)12-4-7-14(19)8-5-12/h4-5,7-8,13,15-17H,6,9-11H2,1-3H3/t13?,15?,16-,17+/m0/s1. The second kappa shape index (κ2) is 6.80. The summed E-state index contributed by atoms with van der Waals surface area (Å²) in [5, 5.41) is 0.630. The third-order valence-electron chi connectivity index (χ3n) is 5.27. The summed E-state index contributed by atoms with van der Waals surface area (Å²) in [6, 6.07) is 7.40. The molecule has 1 aliphatic heterocycles. The van der Waals surface area contributed by atoms with Crippen molar-refractivity contribution in [2.75, 3.05) is 34.2 Å². The number of carbonyl (C=O) groups is 1. The molecular formula is C18H25ClN2O2. The Balaban J connectivity index is 1.77. The largest absolute Gasteiger partial charge is 0.458 e. The average molecular weight is 337 g/mol. The highest BCUT2D eigenvalue weighted by atomic mass is 35.5. The SMILES string of the molecule is CN1CC2CC[C@H](N(C)C)C(C1)[C@@H]2OC(=O)c1ccc(Cl)cc1. The van der Waals surface area contributed by atoms with Gasteiger partial charge >= 0.3 is 5.97 Å². The van der Waals surface area contributed by atoms with Crippen LogP contribution in [0.25, 0.3) is 0 Å². The fourth-order valence-electron chi connectivity index (χ4n) is 4.19. The molecule has 1 heterocycles. The minimum absolute atomic E-state index is 0.00975. The lowest BCUT2D eigenvalue weighted by Gasteiger charge is -2.50. The van der Waals surface area contributed by atoms with Gasteiger partial charge in [0.05, 0.1) is 5.56 Å². The number of rotatable bonds is 3. The van der Waals surface area contributed by atoms with E-state index in [0.29, 0.717) is 28.5 Å². The minimum Gasteiger partial charge on any atom is -0.458 e. The summed E-state index contributed by atoms with van der Waals surface area (Å²) in [6.07, 6.45) is 2.31. The first-order chi connectivity index (χ1) is 11.0. The van der Waals surface area contributed by atoms with Gasteiger partial charge in [0.15, 0.2) is 0 Å². The van der Waals surface area contributed by atoms with E-state index in [1.807, 2.05) is 0 Å². The predicted molar refractivity (Wildman–Crippen MR) is 91.8 cm³/mol. The Hall–Kier alpha value is -1.10. The van der Waals surface area contributed by atoms with Crippen LogP contribution in [0.15, 0.2) is 24.3 Å². The van der Waals surface area contributed by atoms with Gasteiger partial charge in [0.2, 0.25) is 0 Å². The number of esters is 1. The molecule has 0 aromatic heterocycles. The Labute approximate surface area is 143 Å². The molecule has 0 spiro atoms. The lowest BCUT2D eigenvalue weighted by atomic mass is 9.72. The molecule has 5 heteroatoms. The van der Waals surface area contributed by atoms with E-state index in [4.69, 9.17) is 16.3 Å². The van der Waals surface area contributed by atoms with Crippen molar-refractivity contribution in [1.29, 1.82) is 0 Å². The Morgan fingerprint density at radius 3 is 2.57 bits per heavy atom. The van der Waals surface area contributed by atoms with Crippen LogP contribution in [0, 0.1) is 11.8 Å². The number of piperidine rings is 1. The van der Waals surface area contributed by atoms with Crippen molar-refractivity contribution in [3.63, 3.8) is 0 Å². The van der Waals surface area contributed by atoms with Crippen molar-refractivity contribution in [2.45, 2.75) is 25.0 Å². The minimum atomic E-state index is -0.231. The van der Waals surface area contributed by atoms with E-state index in [1.165, 1.54) is 6.42 Å². The molecule has 2 bridgehead atoms. The number of likely N-dealkylation sites (tertiary alicyclic amines) is 1. The van der Waals surface area contributed by atoms with E-state index in [0.717, 1.165) is 19.5 Å². The number of carbonyl (C=O) groups excluding carboxylic acids is 1. The number of benzene rings is 1. The first kappa shape index (κ1) is 16.7. The van der Waals surface area contributed by atoms with Gasteiger partial charge in [-0.1, -0.05) is 11.6 Å². The summed E-state index contributed by atoms with van der Waals surface area (Å²) in [7, 11) is 6.41. The van der Waals surface area contributed by atoms with Crippen LogP contribution in [0.1, 0.15) is 23.2 Å². The van der Waals surface area contributed by atoms with Gasteiger partial charge in [-0.05, 0) is 58.3 Å². The van der Waals surface area contributed by atoms with Gasteiger partial charge < -0.3 is 14.5 Å². The third-order valence-corrected chi connectivity index (χ3v) is 5.52. The van der Waals surface area contributed by atoms with Crippen LogP contribution in [0.3, 0.4) is 0 Å². The molecule has 1 saturated carbocycles. The van der Waals surface area contributed by atoms with Crippen molar-refractivity contribution < 1.29 is 9.53 Å². The van der Waals surface area contributed by atoms with Gasteiger partial charge in [0.25, 0.3) is 0 Å². The molecule has 126 valence electrons. The molecule has 0 radical (unpaired) electrons. The highest BCUT2D eigenvalue weighted by Gasteiger charge is 2.46. The van der Waals surface area contributed by atoms with Gasteiger partial charge in [-0.2, -0.15) is 0 Å². The summed E-state index contributed by atoms with van der Waals surface area (Å²) in [5.74, 6) is 0.579. The van der Waals surface area contributed by atoms with Gasteiger partial charge in [-0.3, -0.25) is 0 Å². The van der Waals surface area contributed by atoms with Gasteiger partial charge in [0, 0.05) is 36.0 Å². The average Bonchev–Trinajstić information content (AvgIpc) is 2.48. The second-order valence-corrected chi connectivity index (χ2v) is 7.57. The van der Waals surface area contributed by atoms with Gasteiger partial charge in [-0.25, -0.2) is 4.79 Å². The second-order valence-electron chi connectivity index (χ2n) is 7.13. The van der Waals surface area contributed by atoms with Crippen LogP contribution in [0.2, 0.25) is 5.02 Å². The number of fused-ring (bicyclic) bond motifs is 2. The number of hydrogen-bond acceptors (Lipinski definition) is 4. The molecule has 3 rings (SSSR count). The van der Waals surface area contributed by atoms with Crippen molar-refractivity contribution in [1.82, 2.24) is 9.80 Å². The van der Waals surface area contributed by atoms with Crippen molar-refractivity contribution in [2.24, 2.45) is 11.8 Å². The summed E-state index contributed by atoms with van der Waals surface area (Å²) < 4.78 is 5.98. The molecule has 23 heavy (non-hydrogen) atoms. The van der Waals surface area contributed by atoms with Crippen molar-refractivity contribution >= 4 is 17.6 Å². The van der Waals surface area contributed by atoms with Crippen LogP contribution < -0.4 is 0 Å². The number of hydrogen-bond donors (Lipinski definition) is 0. The molecule has 2 aliphatic rings. The highest BCUT2D eigenvalue weighted by Crippen LogP contribution is 2.38. The third kappa shape index (κ3) is 3.54. The predicted octanol–water partition coefficient (Wildman–Crippen LogP) is 2.77. The maximum Gasteiger partial charge on any atom is 0.338 e. The molecule has 1 saturated heterocycles. The van der Waals surface area contributed by atoms with Crippen LogP contribution in [-0.4, -0.2) is 62.1 Å². The zero-order valence-corrected chi connectivity index (χ0v) is 14.8. The maximum absolute atomic E-state index is 12.5. The van der Waals surface area contributed by atoms with Crippen LogP contribution >= 0.6 is 11.6 Å². The van der Waals surface area contributed by atoms with E-state index in [-0.39, 0.29) is 12.1 Å². The topological polar surface area (TPSA) is 32.8 Å². The zero-order chi connectivity index (χ0) is 16.6. The van der Waals surface area contributed by atoms with Crippen molar-refractivity contribution in [3.05, 3.63) is 34.9 Å². The number of halogens is 1. The Bertz CT molecular complexity index is 561. The number of nitrogens with zero attached hydrogens (tertiary/aromatic N) is 2. The van der Waals surface area contributed by atoms with Gasteiger partial charge in [0.1, 0.15) is 6.10 Å². The monoisotopic (exact) mass is 336 g/mol. The summed E-state index contributed by atoms with van der Waals surface area (Å²) in [4.78, 5) is 17.2. The van der Waals surface area contributed by atoms with Crippen LogP contribution in [0.5, 0.6) is 0 Å². The Morgan fingerprint density at radius 2 is 1.91 bits per heavy atom. The Kier molecular flexibility index (Phi) is 4.95. The molecule has 1 aromatic carbocycles. The van der Waals surface area contributed by atoms with E-state index in [1.54, 1.807) is 24.3 Å². The van der Waals surface area contributed by atoms with E-state index in [2.05, 4.69) is 30.9 Å². The fourth-order valence-corrected chi connectivity index (χ4v) is 4.32. The van der Waals surface area contributed by atoms with Crippen LogP contribution in [0.4, 0.5) is 0 Å². The smallest absolute Gasteiger partial charge is 0.338 e.